The van der Waals surface area contributed by atoms with E-state index in [0.29, 0.717) is 11.7 Å². The van der Waals surface area contributed by atoms with Crippen molar-refractivity contribution >= 4 is 17.3 Å². The molecule has 3 aromatic carbocycles. The molecule has 1 heterocycles. The van der Waals surface area contributed by atoms with Crippen molar-refractivity contribution in [2.24, 2.45) is 0 Å². The van der Waals surface area contributed by atoms with Crippen molar-refractivity contribution in [3.63, 3.8) is 0 Å². The van der Waals surface area contributed by atoms with Gasteiger partial charge in [0.2, 0.25) is 5.89 Å². The average Bonchev–Trinajstić information content (AvgIpc) is 3.33. The number of nitrogens with one attached hydrogen (secondary N) is 1. The van der Waals surface area contributed by atoms with Gasteiger partial charge in [-0.3, -0.25) is 4.79 Å². The first-order valence-electron chi connectivity index (χ1n) is 11.5. The molecule has 6 heteroatoms. The van der Waals surface area contributed by atoms with Gasteiger partial charge >= 0.3 is 0 Å². The predicted octanol–water partition coefficient (Wildman–Crippen LogP) is 6.63. The van der Waals surface area contributed by atoms with E-state index in [0.717, 1.165) is 28.3 Å². The molecule has 0 atom stereocenters. The maximum atomic E-state index is 13.6. The Morgan fingerprint density at radius 1 is 0.914 bits per heavy atom. The van der Waals surface area contributed by atoms with Crippen molar-refractivity contribution in [1.29, 1.82) is 0 Å². The standard InChI is InChI=1S/C29H31N3O3/c1-29(2,3)21-11-7-20(8-12-21)27-31-25(26(35-27)19-9-13-22(30-4)14-10-19)28(33)32(5)23-15-17-24(34-6)18-16-23/h7-18,30H,1-6H3. The van der Waals surface area contributed by atoms with Gasteiger partial charge in [-0.15, -0.1) is 0 Å². The van der Waals surface area contributed by atoms with Crippen LogP contribution in [0.4, 0.5) is 11.4 Å². The Labute approximate surface area is 206 Å². The summed E-state index contributed by atoms with van der Waals surface area (Å²) in [5, 5.41) is 3.11. The second kappa shape index (κ2) is 9.66. The molecule has 0 aliphatic carbocycles. The largest absolute Gasteiger partial charge is 0.497 e. The molecule has 4 rings (SSSR count). The highest BCUT2D eigenvalue weighted by atomic mass is 16.5. The SMILES string of the molecule is CNc1ccc(-c2oc(-c3ccc(C(C)(C)C)cc3)nc2C(=O)N(C)c2ccc(OC)cc2)cc1. The van der Waals surface area contributed by atoms with Gasteiger partial charge in [-0.05, 0) is 71.6 Å². The number of rotatable bonds is 6. The topological polar surface area (TPSA) is 67.6 Å². The lowest BCUT2D eigenvalue weighted by Crippen LogP contribution is -2.27. The molecule has 0 saturated carbocycles. The van der Waals surface area contributed by atoms with Gasteiger partial charge in [0.1, 0.15) is 5.75 Å². The van der Waals surface area contributed by atoms with Crippen molar-refractivity contribution in [2.75, 3.05) is 31.4 Å². The number of oxazole rings is 1. The smallest absolute Gasteiger partial charge is 0.280 e. The van der Waals surface area contributed by atoms with E-state index in [1.807, 2.05) is 67.7 Å². The lowest BCUT2D eigenvalue weighted by atomic mass is 9.87. The summed E-state index contributed by atoms with van der Waals surface area (Å²) in [6.07, 6.45) is 0. The Morgan fingerprint density at radius 3 is 2.06 bits per heavy atom. The zero-order chi connectivity index (χ0) is 25.2. The van der Waals surface area contributed by atoms with Crippen LogP contribution in [0.5, 0.6) is 5.75 Å². The highest BCUT2D eigenvalue weighted by Gasteiger charge is 2.26. The summed E-state index contributed by atoms with van der Waals surface area (Å²) >= 11 is 0. The van der Waals surface area contributed by atoms with Crippen molar-refractivity contribution < 1.29 is 13.9 Å². The zero-order valence-corrected chi connectivity index (χ0v) is 21.0. The van der Waals surface area contributed by atoms with E-state index in [4.69, 9.17) is 9.15 Å². The van der Waals surface area contributed by atoms with Gasteiger partial charge < -0.3 is 19.4 Å². The van der Waals surface area contributed by atoms with Gasteiger partial charge in [-0.25, -0.2) is 4.98 Å². The van der Waals surface area contributed by atoms with Crippen molar-refractivity contribution in [1.82, 2.24) is 4.98 Å². The monoisotopic (exact) mass is 469 g/mol. The molecule has 0 bridgehead atoms. The van der Waals surface area contributed by atoms with E-state index in [9.17, 15) is 4.79 Å². The van der Waals surface area contributed by atoms with Crippen LogP contribution in [0.1, 0.15) is 36.8 Å². The molecule has 35 heavy (non-hydrogen) atoms. The zero-order valence-electron chi connectivity index (χ0n) is 21.0. The maximum Gasteiger partial charge on any atom is 0.280 e. The molecule has 6 nitrogen and oxygen atoms in total. The predicted molar refractivity (Wildman–Crippen MR) is 141 cm³/mol. The van der Waals surface area contributed by atoms with Gasteiger partial charge in [0.25, 0.3) is 5.91 Å². The summed E-state index contributed by atoms with van der Waals surface area (Å²) < 4.78 is 11.5. The fraction of sp³-hybridized carbons (Fsp3) is 0.241. The fourth-order valence-electron chi connectivity index (χ4n) is 3.77. The van der Waals surface area contributed by atoms with Crippen LogP contribution in [0.2, 0.25) is 0 Å². The molecule has 0 radical (unpaired) electrons. The molecule has 1 amide bonds. The van der Waals surface area contributed by atoms with Gasteiger partial charge in [0, 0.05) is 36.6 Å². The molecule has 4 aromatic rings. The maximum absolute atomic E-state index is 13.6. The Kier molecular flexibility index (Phi) is 6.65. The van der Waals surface area contributed by atoms with Crippen LogP contribution < -0.4 is 15.0 Å². The molecular weight excluding hydrogens is 438 g/mol. The third-order valence-electron chi connectivity index (χ3n) is 6.03. The quantitative estimate of drug-likeness (QED) is 0.343. The molecule has 1 N–H and O–H groups in total. The number of carbonyl (C=O) groups excluding carboxylic acids is 1. The molecule has 0 aliphatic heterocycles. The average molecular weight is 470 g/mol. The summed E-state index contributed by atoms with van der Waals surface area (Å²) in [5.41, 5.74) is 4.80. The molecular formula is C29H31N3O3. The van der Waals surface area contributed by atoms with E-state index in [1.54, 1.807) is 19.1 Å². The minimum Gasteiger partial charge on any atom is -0.497 e. The first-order chi connectivity index (χ1) is 16.7. The molecule has 1 aromatic heterocycles. The van der Waals surface area contributed by atoms with E-state index < -0.39 is 0 Å². The Hall–Kier alpha value is -4.06. The summed E-state index contributed by atoms with van der Waals surface area (Å²) in [7, 11) is 5.20. The van der Waals surface area contributed by atoms with Crippen molar-refractivity contribution in [2.45, 2.75) is 26.2 Å². The van der Waals surface area contributed by atoms with Crippen LogP contribution in [0.3, 0.4) is 0 Å². The second-order valence-electron chi connectivity index (χ2n) is 9.41. The lowest BCUT2D eigenvalue weighted by Gasteiger charge is -2.18. The van der Waals surface area contributed by atoms with E-state index >= 15 is 0 Å². The number of hydrogen-bond donors (Lipinski definition) is 1. The Morgan fingerprint density at radius 2 is 1.51 bits per heavy atom. The van der Waals surface area contributed by atoms with E-state index in [2.05, 4.69) is 43.2 Å². The third kappa shape index (κ3) is 5.06. The van der Waals surface area contributed by atoms with E-state index in [-0.39, 0.29) is 17.0 Å². The highest BCUT2D eigenvalue weighted by molar-refractivity contribution is 6.08. The second-order valence-corrected chi connectivity index (χ2v) is 9.41. The molecule has 0 spiro atoms. The van der Waals surface area contributed by atoms with Gasteiger partial charge in [-0.1, -0.05) is 32.9 Å². The number of aromatic nitrogens is 1. The van der Waals surface area contributed by atoms with Gasteiger partial charge in [0.05, 0.1) is 7.11 Å². The Bertz CT molecular complexity index is 1300. The summed E-state index contributed by atoms with van der Waals surface area (Å²) in [4.78, 5) is 19.8. The van der Waals surface area contributed by atoms with Crippen LogP contribution in [0, 0.1) is 0 Å². The number of hydrogen-bond acceptors (Lipinski definition) is 5. The van der Waals surface area contributed by atoms with Crippen LogP contribution in [0.15, 0.2) is 77.2 Å². The Balaban J connectivity index is 1.76. The number of carbonyl (C=O) groups is 1. The normalized spacial score (nSPS) is 11.3. The summed E-state index contributed by atoms with van der Waals surface area (Å²) in [6, 6.07) is 23.2. The molecule has 0 fully saturated rings. The molecule has 0 saturated heterocycles. The number of methoxy groups -OCH3 is 1. The minimum absolute atomic E-state index is 0.0392. The first-order valence-corrected chi connectivity index (χ1v) is 11.5. The van der Waals surface area contributed by atoms with Crippen LogP contribution >= 0.6 is 0 Å². The molecule has 0 unspecified atom stereocenters. The van der Waals surface area contributed by atoms with Crippen molar-refractivity contribution in [3.05, 3.63) is 84.1 Å². The minimum atomic E-state index is -0.260. The number of benzene rings is 3. The number of ether oxygens (including phenoxy) is 1. The van der Waals surface area contributed by atoms with Crippen LogP contribution in [-0.4, -0.2) is 32.1 Å². The summed E-state index contributed by atoms with van der Waals surface area (Å²) in [5.74, 6) is 1.31. The first kappa shape index (κ1) is 24.1. The van der Waals surface area contributed by atoms with Crippen LogP contribution in [-0.2, 0) is 5.41 Å². The third-order valence-corrected chi connectivity index (χ3v) is 6.03. The summed E-state index contributed by atoms with van der Waals surface area (Å²) in [6.45, 7) is 6.52. The highest BCUT2D eigenvalue weighted by Crippen LogP contribution is 2.33. The van der Waals surface area contributed by atoms with Crippen molar-refractivity contribution in [3.8, 4) is 28.5 Å². The van der Waals surface area contributed by atoms with Gasteiger partial charge in [-0.2, -0.15) is 0 Å². The number of amides is 1. The van der Waals surface area contributed by atoms with E-state index in [1.165, 1.54) is 5.56 Å². The number of anilines is 2. The van der Waals surface area contributed by atoms with Gasteiger partial charge in [0.15, 0.2) is 11.5 Å². The number of nitrogens with zero attached hydrogens (tertiary/aromatic N) is 2. The fourth-order valence-corrected chi connectivity index (χ4v) is 3.77. The lowest BCUT2D eigenvalue weighted by molar-refractivity contribution is 0.0989. The molecule has 0 aliphatic rings. The molecule has 180 valence electrons. The van der Waals surface area contributed by atoms with Crippen LogP contribution in [0.25, 0.3) is 22.8 Å².